The number of hydrogen-bond donors (Lipinski definition) is 1. The highest BCUT2D eigenvalue weighted by molar-refractivity contribution is 9.10. The molecule has 0 aliphatic carbocycles. The normalized spacial score (nSPS) is 11.5. The molecule has 2 N–H and O–H groups in total. The van der Waals surface area contributed by atoms with E-state index in [1.54, 1.807) is 27.5 Å². The molecular formula is C14H8BrFN4S. The van der Waals surface area contributed by atoms with Crippen LogP contribution in [0, 0.1) is 5.82 Å². The predicted molar refractivity (Wildman–Crippen MR) is 86.3 cm³/mol. The zero-order valence-electron chi connectivity index (χ0n) is 10.5. The van der Waals surface area contributed by atoms with Gasteiger partial charge >= 0.3 is 0 Å². The summed E-state index contributed by atoms with van der Waals surface area (Å²) in [5.74, 6) is -0.0311. The minimum absolute atomic E-state index is 0.325. The monoisotopic (exact) mass is 362 g/mol. The maximum Gasteiger partial charge on any atom is 0.205 e. The molecule has 0 unspecified atom stereocenters. The summed E-state index contributed by atoms with van der Waals surface area (Å²) in [5, 5.41) is 0. The number of imidazole rings is 1. The van der Waals surface area contributed by atoms with Gasteiger partial charge in [-0.25, -0.2) is 14.4 Å². The molecule has 0 atom stereocenters. The van der Waals surface area contributed by atoms with Gasteiger partial charge in [-0.05, 0) is 40.2 Å². The van der Waals surface area contributed by atoms with Crippen molar-refractivity contribution in [3.63, 3.8) is 0 Å². The SMILES string of the molecule is Nc1nc2cc(F)c(Br)cc2n1-c1ccc2ncsc2c1. The molecule has 4 nitrogen and oxygen atoms in total. The first kappa shape index (κ1) is 12.7. The number of nitrogens with two attached hydrogens (primary N) is 1. The fourth-order valence-electron chi connectivity index (χ4n) is 2.35. The molecule has 0 fully saturated rings. The molecule has 0 radical (unpaired) electrons. The Balaban J connectivity index is 2.04. The minimum Gasteiger partial charge on any atom is -0.369 e. The van der Waals surface area contributed by atoms with Gasteiger partial charge in [-0.3, -0.25) is 4.57 Å². The zero-order valence-corrected chi connectivity index (χ0v) is 12.9. The molecule has 0 saturated carbocycles. The number of aromatic nitrogens is 3. The molecule has 0 spiro atoms. The summed E-state index contributed by atoms with van der Waals surface area (Å²) in [6.45, 7) is 0. The van der Waals surface area contributed by atoms with Gasteiger partial charge in [0.1, 0.15) is 5.82 Å². The van der Waals surface area contributed by atoms with E-state index in [9.17, 15) is 4.39 Å². The summed E-state index contributed by atoms with van der Waals surface area (Å²) in [6.07, 6.45) is 0. The molecular weight excluding hydrogens is 355 g/mol. The van der Waals surface area contributed by atoms with Crippen LogP contribution in [-0.4, -0.2) is 14.5 Å². The van der Waals surface area contributed by atoms with E-state index in [1.165, 1.54) is 6.07 Å². The molecule has 2 heterocycles. The maximum atomic E-state index is 13.6. The van der Waals surface area contributed by atoms with E-state index < -0.39 is 0 Å². The molecule has 2 aromatic carbocycles. The maximum absolute atomic E-state index is 13.6. The van der Waals surface area contributed by atoms with Crippen LogP contribution in [0.5, 0.6) is 0 Å². The lowest BCUT2D eigenvalue weighted by molar-refractivity contribution is 0.623. The van der Waals surface area contributed by atoms with E-state index in [2.05, 4.69) is 25.9 Å². The fraction of sp³-hybridized carbons (Fsp3) is 0. The Bertz CT molecular complexity index is 991. The summed E-state index contributed by atoms with van der Waals surface area (Å²) >= 11 is 4.76. The van der Waals surface area contributed by atoms with E-state index in [0.717, 1.165) is 21.4 Å². The highest BCUT2D eigenvalue weighted by Gasteiger charge is 2.13. The number of benzene rings is 2. The van der Waals surface area contributed by atoms with Crippen molar-refractivity contribution in [1.82, 2.24) is 14.5 Å². The van der Waals surface area contributed by atoms with Crippen molar-refractivity contribution >= 4 is 54.5 Å². The topological polar surface area (TPSA) is 56.7 Å². The van der Waals surface area contributed by atoms with Crippen molar-refractivity contribution in [3.8, 4) is 5.69 Å². The quantitative estimate of drug-likeness (QED) is 0.554. The molecule has 0 bridgehead atoms. The van der Waals surface area contributed by atoms with Crippen molar-refractivity contribution in [1.29, 1.82) is 0 Å². The van der Waals surface area contributed by atoms with Gasteiger partial charge in [0, 0.05) is 6.07 Å². The van der Waals surface area contributed by atoms with Crippen LogP contribution in [0.1, 0.15) is 0 Å². The number of nitrogen functional groups attached to an aromatic ring is 1. The van der Waals surface area contributed by atoms with E-state index in [-0.39, 0.29) is 5.82 Å². The molecule has 4 aromatic rings. The number of fused-ring (bicyclic) bond motifs is 2. The van der Waals surface area contributed by atoms with Crippen LogP contribution < -0.4 is 5.73 Å². The van der Waals surface area contributed by atoms with Crippen molar-refractivity contribution < 1.29 is 4.39 Å². The van der Waals surface area contributed by atoms with E-state index in [1.807, 2.05) is 18.2 Å². The Morgan fingerprint density at radius 3 is 2.90 bits per heavy atom. The molecule has 4 rings (SSSR count). The second kappa shape index (κ2) is 4.51. The van der Waals surface area contributed by atoms with E-state index in [0.29, 0.717) is 15.9 Å². The lowest BCUT2D eigenvalue weighted by Gasteiger charge is -2.07. The molecule has 104 valence electrons. The second-order valence-corrected chi connectivity index (χ2v) is 6.31. The van der Waals surface area contributed by atoms with Gasteiger partial charge in [0.2, 0.25) is 5.95 Å². The average molecular weight is 363 g/mol. The summed E-state index contributed by atoms with van der Waals surface area (Å²) in [6, 6.07) is 8.92. The van der Waals surface area contributed by atoms with Crippen molar-refractivity contribution in [2.24, 2.45) is 0 Å². The molecule has 2 aromatic heterocycles. The summed E-state index contributed by atoms with van der Waals surface area (Å²) in [7, 11) is 0. The van der Waals surface area contributed by atoms with Crippen molar-refractivity contribution in [3.05, 3.63) is 46.1 Å². The molecule has 0 aliphatic rings. The molecule has 0 amide bonds. The van der Waals surface area contributed by atoms with Gasteiger partial charge in [-0.15, -0.1) is 11.3 Å². The Kier molecular flexibility index (Phi) is 2.73. The highest BCUT2D eigenvalue weighted by atomic mass is 79.9. The zero-order chi connectivity index (χ0) is 14.6. The molecule has 7 heteroatoms. The third-order valence-electron chi connectivity index (χ3n) is 3.30. The van der Waals surface area contributed by atoms with Crippen LogP contribution in [0.15, 0.2) is 40.3 Å². The number of rotatable bonds is 1. The summed E-state index contributed by atoms with van der Waals surface area (Å²) in [4.78, 5) is 8.48. The number of thiazole rings is 1. The molecule has 0 saturated heterocycles. The Labute approximate surface area is 131 Å². The minimum atomic E-state index is -0.356. The first-order valence-corrected chi connectivity index (χ1v) is 7.77. The standard InChI is InChI=1S/C14H8BrFN4S/c15-8-4-12-11(5-9(8)16)19-14(17)20(12)7-1-2-10-13(3-7)21-6-18-10/h1-6H,(H2,17,19). The Hall–Kier alpha value is -1.99. The van der Waals surface area contributed by atoms with Gasteiger partial charge in [-0.2, -0.15) is 0 Å². The number of halogens is 2. The first-order chi connectivity index (χ1) is 10.1. The van der Waals surface area contributed by atoms with Crippen molar-refractivity contribution in [2.75, 3.05) is 5.73 Å². The number of hydrogen-bond acceptors (Lipinski definition) is 4. The third kappa shape index (κ3) is 1.92. The van der Waals surface area contributed by atoms with Gasteiger partial charge in [-0.1, -0.05) is 0 Å². The van der Waals surface area contributed by atoms with E-state index >= 15 is 0 Å². The van der Waals surface area contributed by atoms with Gasteiger partial charge in [0.15, 0.2) is 0 Å². The largest absolute Gasteiger partial charge is 0.369 e. The highest BCUT2D eigenvalue weighted by Crippen LogP contribution is 2.29. The van der Waals surface area contributed by atoms with Gasteiger partial charge in [0.05, 0.1) is 36.9 Å². The van der Waals surface area contributed by atoms with Crippen LogP contribution >= 0.6 is 27.3 Å². The van der Waals surface area contributed by atoms with Gasteiger partial charge < -0.3 is 5.73 Å². The van der Waals surface area contributed by atoms with Crippen LogP contribution in [0.2, 0.25) is 0 Å². The lowest BCUT2D eigenvalue weighted by atomic mass is 10.2. The van der Waals surface area contributed by atoms with Gasteiger partial charge in [0.25, 0.3) is 0 Å². The van der Waals surface area contributed by atoms with Crippen LogP contribution in [0.4, 0.5) is 10.3 Å². The fourth-order valence-corrected chi connectivity index (χ4v) is 3.39. The van der Waals surface area contributed by atoms with Crippen LogP contribution in [-0.2, 0) is 0 Å². The lowest BCUT2D eigenvalue weighted by Crippen LogP contribution is -2.00. The number of nitrogens with zero attached hydrogens (tertiary/aromatic N) is 3. The molecule has 0 aliphatic heterocycles. The van der Waals surface area contributed by atoms with Crippen LogP contribution in [0.3, 0.4) is 0 Å². The predicted octanol–water partition coefficient (Wildman–Crippen LogP) is 4.12. The van der Waals surface area contributed by atoms with Crippen molar-refractivity contribution in [2.45, 2.75) is 0 Å². The Morgan fingerprint density at radius 2 is 2.05 bits per heavy atom. The third-order valence-corrected chi connectivity index (χ3v) is 4.69. The smallest absolute Gasteiger partial charge is 0.205 e. The number of anilines is 1. The summed E-state index contributed by atoms with van der Waals surface area (Å²) in [5.41, 5.74) is 10.9. The molecule has 21 heavy (non-hydrogen) atoms. The average Bonchev–Trinajstić information content (AvgIpc) is 3.02. The Morgan fingerprint density at radius 1 is 1.19 bits per heavy atom. The van der Waals surface area contributed by atoms with Crippen LogP contribution in [0.25, 0.3) is 26.9 Å². The first-order valence-electron chi connectivity index (χ1n) is 6.10. The second-order valence-electron chi connectivity index (χ2n) is 4.56. The summed E-state index contributed by atoms with van der Waals surface area (Å²) < 4.78 is 16.9. The van der Waals surface area contributed by atoms with E-state index in [4.69, 9.17) is 5.73 Å².